The van der Waals surface area contributed by atoms with Crippen LogP contribution >= 0.6 is 11.3 Å². The van der Waals surface area contributed by atoms with E-state index in [1.165, 1.54) is 24.8 Å². The molecule has 152 valence electrons. The van der Waals surface area contributed by atoms with Gasteiger partial charge in [-0.2, -0.15) is 0 Å². The smallest absolute Gasteiger partial charge is 0.191 e. The van der Waals surface area contributed by atoms with E-state index in [9.17, 15) is 0 Å². The Morgan fingerprint density at radius 3 is 2.79 bits per heavy atom. The fraction of sp³-hybridized carbons (Fsp3) is 0.571. The molecule has 1 aliphatic heterocycles. The molecule has 0 bridgehead atoms. The summed E-state index contributed by atoms with van der Waals surface area (Å²) in [6.45, 7) is 10.8. The lowest BCUT2D eigenvalue weighted by Gasteiger charge is -2.27. The minimum Gasteiger partial charge on any atom is -0.357 e. The molecule has 0 aromatic carbocycles. The van der Waals surface area contributed by atoms with Crippen LogP contribution in [0.5, 0.6) is 0 Å². The number of piperidine rings is 1. The van der Waals surface area contributed by atoms with E-state index in [1.54, 1.807) is 11.3 Å². The number of guanidine groups is 1. The number of thiazole rings is 1. The zero-order valence-electron chi connectivity index (χ0n) is 17.2. The van der Waals surface area contributed by atoms with Crippen molar-refractivity contribution >= 4 is 23.1 Å². The summed E-state index contributed by atoms with van der Waals surface area (Å²) in [6.07, 6.45) is 5.75. The average molecular weight is 401 g/mol. The van der Waals surface area contributed by atoms with E-state index in [1.807, 2.05) is 6.20 Å². The number of pyridine rings is 1. The first-order valence-electron chi connectivity index (χ1n) is 10.3. The zero-order valence-corrected chi connectivity index (χ0v) is 18.1. The van der Waals surface area contributed by atoms with Crippen molar-refractivity contribution in [2.75, 3.05) is 24.5 Å². The normalized spacial score (nSPS) is 15.1. The Labute approximate surface area is 172 Å². The molecule has 3 heterocycles. The Bertz CT molecular complexity index is 764. The molecule has 2 N–H and O–H groups in total. The Morgan fingerprint density at radius 1 is 1.25 bits per heavy atom. The Kier molecular flexibility index (Phi) is 7.65. The van der Waals surface area contributed by atoms with Gasteiger partial charge in [0.25, 0.3) is 0 Å². The predicted octanol–water partition coefficient (Wildman–Crippen LogP) is 3.91. The minimum absolute atomic E-state index is 0.465. The molecular formula is C21H32N6S. The Hall–Kier alpha value is -2.15. The van der Waals surface area contributed by atoms with Crippen LogP contribution in [-0.4, -0.2) is 35.6 Å². The number of anilines is 1. The van der Waals surface area contributed by atoms with E-state index < -0.39 is 0 Å². The summed E-state index contributed by atoms with van der Waals surface area (Å²) < 4.78 is 0. The van der Waals surface area contributed by atoms with E-state index >= 15 is 0 Å². The van der Waals surface area contributed by atoms with E-state index in [2.05, 4.69) is 63.8 Å². The van der Waals surface area contributed by atoms with Crippen LogP contribution in [0.3, 0.4) is 0 Å². The summed E-state index contributed by atoms with van der Waals surface area (Å²) in [5.74, 6) is 2.36. The Balaban J connectivity index is 1.60. The molecule has 0 amide bonds. The van der Waals surface area contributed by atoms with Crippen LogP contribution in [-0.2, 0) is 13.1 Å². The molecule has 0 saturated carbocycles. The van der Waals surface area contributed by atoms with Gasteiger partial charge in [0.1, 0.15) is 10.8 Å². The number of aliphatic imine (C=N–C) groups is 1. The van der Waals surface area contributed by atoms with Crippen LogP contribution in [0.4, 0.5) is 5.82 Å². The third-order valence-corrected chi connectivity index (χ3v) is 5.69. The first-order valence-corrected chi connectivity index (χ1v) is 11.2. The predicted molar refractivity (Wildman–Crippen MR) is 118 cm³/mol. The van der Waals surface area contributed by atoms with Gasteiger partial charge in [-0.3, -0.25) is 0 Å². The highest BCUT2D eigenvalue weighted by atomic mass is 32.1. The molecule has 28 heavy (non-hydrogen) atoms. The summed E-state index contributed by atoms with van der Waals surface area (Å²) in [7, 11) is 0. The van der Waals surface area contributed by atoms with Crippen LogP contribution in [0.15, 0.2) is 28.7 Å². The highest BCUT2D eigenvalue weighted by molar-refractivity contribution is 7.09. The van der Waals surface area contributed by atoms with Gasteiger partial charge < -0.3 is 15.5 Å². The molecule has 0 spiro atoms. The zero-order chi connectivity index (χ0) is 19.8. The number of aromatic nitrogens is 2. The fourth-order valence-electron chi connectivity index (χ4n) is 3.20. The molecule has 0 unspecified atom stereocenters. The lowest BCUT2D eigenvalue weighted by atomic mass is 10.1. The fourth-order valence-corrected chi connectivity index (χ4v) is 4.09. The average Bonchev–Trinajstić information content (AvgIpc) is 3.20. The highest BCUT2D eigenvalue weighted by Crippen LogP contribution is 2.19. The maximum absolute atomic E-state index is 4.75. The molecule has 2 aromatic heterocycles. The van der Waals surface area contributed by atoms with Crippen molar-refractivity contribution in [2.24, 2.45) is 4.99 Å². The van der Waals surface area contributed by atoms with Gasteiger partial charge in [0.2, 0.25) is 0 Å². The molecular weight excluding hydrogens is 368 g/mol. The number of nitrogens with one attached hydrogen (secondary N) is 2. The summed E-state index contributed by atoms with van der Waals surface area (Å²) in [6, 6.07) is 4.23. The molecule has 7 heteroatoms. The molecule has 0 radical (unpaired) electrons. The maximum Gasteiger partial charge on any atom is 0.191 e. The van der Waals surface area contributed by atoms with Crippen molar-refractivity contribution in [1.82, 2.24) is 20.6 Å². The van der Waals surface area contributed by atoms with Crippen LogP contribution in [0.2, 0.25) is 0 Å². The van der Waals surface area contributed by atoms with Crippen LogP contribution < -0.4 is 15.5 Å². The summed E-state index contributed by atoms with van der Waals surface area (Å²) >= 11 is 1.70. The van der Waals surface area contributed by atoms with E-state index in [-0.39, 0.29) is 0 Å². The number of nitrogens with zero attached hydrogens (tertiary/aromatic N) is 4. The second-order valence-electron chi connectivity index (χ2n) is 7.44. The van der Waals surface area contributed by atoms with Crippen molar-refractivity contribution in [3.8, 4) is 0 Å². The summed E-state index contributed by atoms with van der Waals surface area (Å²) in [5, 5.41) is 9.95. The molecule has 2 aromatic rings. The first kappa shape index (κ1) is 20.6. The molecule has 1 fully saturated rings. The van der Waals surface area contributed by atoms with Gasteiger partial charge in [0.15, 0.2) is 5.96 Å². The van der Waals surface area contributed by atoms with Crippen molar-refractivity contribution < 1.29 is 0 Å². The second-order valence-corrected chi connectivity index (χ2v) is 8.38. The Morgan fingerprint density at radius 2 is 2.07 bits per heavy atom. The lowest BCUT2D eigenvalue weighted by molar-refractivity contribution is 0.573. The quantitative estimate of drug-likeness (QED) is 0.545. The van der Waals surface area contributed by atoms with Crippen molar-refractivity contribution in [2.45, 2.75) is 59.0 Å². The van der Waals surface area contributed by atoms with E-state index in [0.717, 1.165) is 42.1 Å². The molecule has 1 aliphatic rings. The number of hydrogen-bond donors (Lipinski definition) is 2. The third kappa shape index (κ3) is 5.92. The van der Waals surface area contributed by atoms with Crippen LogP contribution in [0.25, 0.3) is 0 Å². The van der Waals surface area contributed by atoms with Gasteiger partial charge in [-0.25, -0.2) is 15.0 Å². The SMILES string of the molecule is CCNC(=NCc1ccnc(N2CCCCC2)c1)NCc1nc(C(C)C)cs1. The molecule has 6 nitrogen and oxygen atoms in total. The number of rotatable bonds is 7. The highest BCUT2D eigenvalue weighted by Gasteiger charge is 2.12. The first-order chi connectivity index (χ1) is 13.7. The van der Waals surface area contributed by atoms with Crippen molar-refractivity contribution in [3.05, 3.63) is 40.0 Å². The molecule has 1 saturated heterocycles. The second kappa shape index (κ2) is 10.4. The minimum atomic E-state index is 0.465. The molecule has 3 rings (SSSR count). The van der Waals surface area contributed by atoms with Crippen molar-refractivity contribution in [3.63, 3.8) is 0 Å². The summed E-state index contributed by atoms with van der Waals surface area (Å²) in [5.41, 5.74) is 2.34. The van der Waals surface area contributed by atoms with Gasteiger partial charge in [-0.15, -0.1) is 11.3 Å². The van der Waals surface area contributed by atoms with E-state index in [0.29, 0.717) is 19.0 Å². The van der Waals surface area contributed by atoms with Crippen LogP contribution in [0, 0.1) is 0 Å². The maximum atomic E-state index is 4.75. The lowest BCUT2D eigenvalue weighted by Crippen LogP contribution is -2.36. The van der Waals surface area contributed by atoms with Gasteiger partial charge in [-0.05, 0) is 49.8 Å². The van der Waals surface area contributed by atoms with Crippen molar-refractivity contribution in [1.29, 1.82) is 0 Å². The van der Waals surface area contributed by atoms with Gasteiger partial charge in [-0.1, -0.05) is 13.8 Å². The monoisotopic (exact) mass is 400 g/mol. The van der Waals surface area contributed by atoms with Gasteiger partial charge >= 0.3 is 0 Å². The van der Waals surface area contributed by atoms with Gasteiger partial charge in [0, 0.05) is 31.2 Å². The third-order valence-electron chi connectivity index (χ3n) is 4.82. The topological polar surface area (TPSA) is 65.4 Å². The largest absolute Gasteiger partial charge is 0.357 e. The molecule has 0 atom stereocenters. The van der Waals surface area contributed by atoms with Crippen LogP contribution in [0.1, 0.15) is 62.2 Å². The van der Waals surface area contributed by atoms with Gasteiger partial charge in [0.05, 0.1) is 18.8 Å². The summed E-state index contributed by atoms with van der Waals surface area (Å²) in [4.78, 5) is 16.4. The molecule has 0 aliphatic carbocycles. The van der Waals surface area contributed by atoms with E-state index in [4.69, 9.17) is 4.99 Å². The standard InChI is InChI=1S/C21H32N6S/c1-4-22-21(25-14-20-26-18(15-28-20)16(2)3)24-13-17-8-9-23-19(12-17)27-10-6-5-7-11-27/h8-9,12,15-16H,4-7,10-11,13-14H2,1-3H3,(H2,22,24,25). The number of hydrogen-bond acceptors (Lipinski definition) is 5.